The van der Waals surface area contributed by atoms with Gasteiger partial charge in [-0.15, -0.1) is 0 Å². The van der Waals surface area contributed by atoms with Crippen LogP contribution in [0.3, 0.4) is 0 Å². The molecule has 0 aliphatic carbocycles. The Labute approximate surface area is 160 Å². The number of halogens is 1. The fraction of sp³-hybridized carbons (Fsp3) is 0.333. The molecule has 5 heteroatoms. The van der Waals surface area contributed by atoms with Crippen molar-refractivity contribution >= 4 is 29.1 Å². The van der Waals surface area contributed by atoms with Gasteiger partial charge in [-0.3, -0.25) is 9.59 Å². The second-order valence-electron chi connectivity index (χ2n) is 6.29. The van der Waals surface area contributed by atoms with Gasteiger partial charge in [0.25, 0.3) is 0 Å². The summed E-state index contributed by atoms with van der Waals surface area (Å²) in [5, 5.41) is 3.49. The molecule has 2 amide bonds. The highest BCUT2D eigenvalue weighted by molar-refractivity contribution is 6.31. The summed E-state index contributed by atoms with van der Waals surface area (Å²) >= 11 is 6.05. The Balaban J connectivity index is 1.80. The minimum absolute atomic E-state index is 0.0519. The standard InChI is InChI=1S/C21H25ClN2O2/c1-16-10-11-19(22)15-20(16)24(17(2)25)14-12-21(26)23-13-6-9-18-7-4-3-5-8-18/h3-5,7-8,10-11,15H,6,9,12-14H2,1-2H3,(H,23,26). The molecule has 0 spiro atoms. The molecule has 0 heterocycles. The first-order valence-corrected chi connectivity index (χ1v) is 9.20. The topological polar surface area (TPSA) is 49.4 Å². The summed E-state index contributed by atoms with van der Waals surface area (Å²) in [5.74, 6) is -0.156. The highest BCUT2D eigenvalue weighted by atomic mass is 35.5. The number of benzene rings is 2. The van der Waals surface area contributed by atoms with Crippen LogP contribution in [0.2, 0.25) is 5.02 Å². The van der Waals surface area contributed by atoms with E-state index in [9.17, 15) is 9.59 Å². The lowest BCUT2D eigenvalue weighted by Gasteiger charge is -2.23. The minimum atomic E-state index is -0.104. The van der Waals surface area contributed by atoms with E-state index in [0.29, 0.717) is 18.1 Å². The van der Waals surface area contributed by atoms with Crippen LogP contribution in [0.1, 0.15) is 30.9 Å². The van der Waals surface area contributed by atoms with E-state index < -0.39 is 0 Å². The van der Waals surface area contributed by atoms with Crippen molar-refractivity contribution in [1.82, 2.24) is 5.32 Å². The molecule has 2 rings (SSSR count). The number of nitrogens with zero attached hydrogens (tertiary/aromatic N) is 1. The molecule has 0 saturated carbocycles. The molecule has 0 unspecified atom stereocenters. The smallest absolute Gasteiger partial charge is 0.223 e. The summed E-state index contributed by atoms with van der Waals surface area (Å²) < 4.78 is 0. The lowest BCUT2D eigenvalue weighted by atomic mass is 10.1. The molecule has 26 heavy (non-hydrogen) atoms. The third kappa shape index (κ3) is 6.19. The van der Waals surface area contributed by atoms with Crippen LogP contribution < -0.4 is 10.2 Å². The summed E-state index contributed by atoms with van der Waals surface area (Å²) in [7, 11) is 0. The van der Waals surface area contributed by atoms with Gasteiger partial charge in [0.1, 0.15) is 0 Å². The van der Waals surface area contributed by atoms with Crippen molar-refractivity contribution in [3.05, 3.63) is 64.7 Å². The average molecular weight is 373 g/mol. The Kier molecular flexibility index (Phi) is 7.67. The zero-order chi connectivity index (χ0) is 18.9. The average Bonchev–Trinajstić information content (AvgIpc) is 2.62. The van der Waals surface area contributed by atoms with Gasteiger partial charge in [0.05, 0.1) is 0 Å². The zero-order valence-corrected chi connectivity index (χ0v) is 16.1. The van der Waals surface area contributed by atoms with Crippen molar-refractivity contribution < 1.29 is 9.59 Å². The molecule has 0 aliphatic heterocycles. The predicted molar refractivity (Wildman–Crippen MR) is 107 cm³/mol. The van der Waals surface area contributed by atoms with E-state index in [1.807, 2.05) is 31.2 Å². The molecule has 0 aromatic heterocycles. The molecule has 4 nitrogen and oxygen atoms in total. The second kappa shape index (κ2) is 9.97. The van der Waals surface area contributed by atoms with E-state index >= 15 is 0 Å². The Morgan fingerprint density at radius 2 is 1.85 bits per heavy atom. The Hall–Kier alpha value is -2.33. The van der Waals surface area contributed by atoms with Gasteiger partial charge in [-0.25, -0.2) is 0 Å². The SMILES string of the molecule is CC(=O)N(CCC(=O)NCCCc1ccccc1)c1cc(Cl)ccc1C. The number of nitrogens with one attached hydrogen (secondary N) is 1. The normalized spacial score (nSPS) is 10.4. The summed E-state index contributed by atoms with van der Waals surface area (Å²) in [6, 6.07) is 15.6. The summed E-state index contributed by atoms with van der Waals surface area (Å²) in [4.78, 5) is 25.7. The van der Waals surface area contributed by atoms with Crippen LogP contribution in [-0.2, 0) is 16.0 Å². The first-order valence-electron chi connectivity index (χ1n) is 8.82. The van der Waals surface area contributed by atoms with Crippen molar-refractivity contribution in [1.29, 1.82) is 0 Å². The number of hydrogen-bond donors (Lipinski definition) is 1. The van der Waals surface area contributed by atoms with E-state index in [1.165, 1.54) is 12.5 Å². The third-order valence-electron chi connectivity index (χ3n) is 4.21. The van der Waals surface area contributed by atoms with Gasteiger partial charge in [0.15, 0.2) is 0 Å². The van der Waals surface area contributed by atoms with E-state index in [1.54, 1.807) is 17.0 Å². The lowest BCUT2D eigenvalue weighted by Crippen LogP contribution is -2.34. The first-order chi connectivity index (χ1) is 12.5. The molecule has 0 fully saturated rings. The van der Waals surface area contributed by atoms with E-state index in [4.69, 9.17) is 11.6 Å². The molecular formula is C21H25ClN2O2. The van der Waals surface area contributed by atoms with Crippen LogP contribution in [0.4, 0.5) is 5.69 Å². The van der Waals surface area contributed by atoms with E-state index in [2.05, 4.69) is 17.4 Å². The van der Waals surface area contributed by atoms with Crippen molar-refractivity contribution in [3.63, 3.8) is 0 Å². The fourth-order valence-corrected chi connectivity index (χ4v) is 2.95. The minimum Gasteiger partial charge on any atom is -0.356 e. The maximum atomic E-state index is 12.1. The number of carbonyl (C=O) groups excluding carboxylic acids is 2. The van der Waals surface area contributed by atoms with Gasteiger partial charge in [-0.2, -0.15) is 0 Å². The van der Waals surface area contributed by atoms with Crippen LogP contribution in [0.15, 0.2) is 48.5 Å². The molecule has 0 radical (unpaired) electrons. The number of carbonyl (C=O) groups is 2. The van der Waals surface area contributed by atoms with Crippen molar-refractivity contribution in [2.24, 2.45) is 0 Å². The van der Waals surface area contributed by atoms with Gasteiger partial charge >= 0.3 is 0 Å². The molecule has 0 saturated heterocycles. The molecule has 138 valence electrons. The number of anilines is 1. The van der Waals surface area contributed by atoms with Crippen LogP contribution in [0.5, 0.6) is 0 Å². The summed E-state index contributed by atoms with van der Waals surface area (Å²) in [6.07, 6.45) is 2.08. The monoisotopic (exact) mass is 372 g/mol. The predicted octanol–water partition coefficient (Wildman–Crippen LogP) is 4.14. The largest absolute Gasteiger partial charge is 0.356 e. The molecule has 0 bridgehead atoms. The van der Waals surface area contributed by atoms with Crippen LogP contribution >= 0.6 is 11.6 Å². The Morgan fingerprint density at radius 3 is 2.54 bits per heavy atom. The molecule has 2 aromatic carbocycles. The highest BCUT2D eigenvalue weighted by Gasteiger charge is 2.15. The Bertz CT molecular complexity index is 747. The zero-order valence-electron chi connectivity index (χ0n) is 15.3. The van der Waals surface area contributed by atoms with Crippen LogP contribution in [0.25, 0.3) is 0 Å². The van der Waals surface area contributed by atoms with Gasteiger partial charge in [0.2, 0.25) is 11.8 Å². The van der Waals surface area contributed by atoms with Crippen molar-refractivity contribution in [2.75, 3.05) is 18.0 Å². The molecule has 0 aliphatic rings. The molecule has 1 N–H and O–H groups in total. The van der Waals surface area contributed by atoms with Gasteiger partial charge in [-0.1, -0.05) is 48.0 Å². The number of amides is 2. The van der Waals surface area contributed by atoms with Crippen LogP contribution in [0, 0.1) is 6.92 Å². The number of aryl methyl sites for hydroxylation is 2. The van der Waals surface area contributed by atoms with Gasteiger partial charge in [-0.05, 0) is 43.0 Å². The number of hydrogen-bond acceptors (Lipinski definition) is 2. The second-order valence-corrected chi connectivity index (χ2v) is 6.73. The van der Waals surface area contributed by atoms with Crippen molar-refractivity contribution in [2.45, 2.75) is 33.1 Å². The molecule has 2 aromatic rings. The maximum Gasteiger partial charge on any atom is 0.223 e. The first kappa shape index (κ1) is 20.0. The third-order valence-corrected chi connectivity index (χ3v) is 4.45. The van der Waals surface area contributed by atoms with Gasteiger partial charge in [0, 0.05) is 37.1 Å². The Morgan fingerprint density at radius 1 is 1.12 bits per heavy atom. The lowest BCUT2D eigenvalue weighted by molar-refractivity contribution is -0.121. The highest BCUT2D eigenvalue weighted by Crippen LogP contribution is 2.24. The van der Waals surface area contributed by atoms with Crippen LogP contribution in [-0.4, -0.2) is 24.9 Å². The van der Waals surface area contributed by atoms with E-state index in [-0.39, 0.29) is 18.2 Å². The fourth-order valence-electron chi connectivity index (χ4n) is 2.79. The van der Waals surface area contributed by atoms with E-state index in [0.717, 1.165) is 24.1 Å². The summed E-state index contributed by atoms with van der Waals surface area (Å²) in [5.41, 5.74) is 2.97. The van der Waals surface area contributed by atoms with Gasteiger partial charge < -0.3 is 10.2 Å². The number of rotatable bonds is 8. The molecule has 0 atom stereocenters. The quantitative estimate of drug-likeness (QED) is 0.708. The molecular weight excluding hydrogens is 348 g/mol. The maximum absolute atomic E-state index is 12.1. The summed E-state index contributed by atoms with van der Waals surface area (Å²) in [6.45, 7) is 4.38. The van der Waals surface area contributed by atoms with Crippen molar-refractivity contribution in [3.8, 4) is 0 Å².